The highest BCUT2D eigenvalue weighted by Crippen LogP contribution is 2.07. The molecule has 1 fully saturated rings. The van der Waals surface area contributed by atoms with E-state index in [0.29, 0.717) is 0 Å². The van der Waals surface area contributed by atoms with Gasteiger partial charge in [0.2, 0.25) is 0 Å². The summed E-state index contributed by atoms with van der Waals surface area (Å²) in [4.78, 5) is 0. The monoisotopic (exact) mass is 128 g/mol. The Balaban J connectivity index is 2.11. The Morgan fingerprint density at radius 3 is 2.67 bits per heavy atom. The SMILES string of the molecule is C/C=C\CC1OCCO1. The maximum atomic E-state index is 5.18. The first-order valence-electron chi connectivity index (χ1n) is 3.28. The van der Waals surface area contributed by atoms with Crippen LogP contribution in [-0.2, 0) is 9.47 Å². The second kappa shape index (κ2) is 3.64. The van der Waals surface area contributed by atoms with Gasteiger partial charge >= 0.3 is 0 Å². The zero-order valence-corrected chi connectivity index (χ0v) is 5.67. The standard InChI is InChI=1S/C7H12O2/c1-2-3-4-7-8-5-6-9-7/h2-3,7H,4-6H2,1H3/b3-2-. The van der Waals surface area contributed by atoms with Crippen LogP contribution in [0.15, 0.2) is 12.2 Å². The van der Waals surface area contributed by atoms with E-state index in [1.807, 2.05) is 13.0 Å². The first-order chi connectivity index (χ1) is 4.43. The fraction of sp³-hybridized carbons (Fsp3) is 0.714. The summed E-state index contributed by atoms with van der Waals surface area (Å²) >= 11 is 0. The first-order valence-corrected chi connectivity index (χ1v) is 3.28. The average molecular weight is 128 g/mol. The van der Waals surface area contributed by atoms with Gasteiger partial charge in [-0.05, 0) is 6.92 Å². The maximum absolute atomic E-state index is 5.18. The molecule has 0 atom stereocenters. The van der Waals surface area contributed by atoms with Gasteiger partial charge in [-0.1, -0.05) is 12.2 Å². The molecule has 2 heteroatoms. The fourth-order valence-electron chi connectivity index (χ4n) is 0.791. The van der Waals surface area contributed by atoms with E-state index in [9.17, 15) is 0 Å². The van der Waals surface area contributed by atoms with Crippen molar-refractivity contribution in [2.24, 2.45) is 0 Å². The van der Waals surface area contributed by atoms with Gasteiger partial charge in [-0.15, -0.1) is 0 Å². The van der Waals surface area contributed by atoms with Crippen molar-refractivity contribution >= 4 is 0 Å². The molecular weight excluding hydrogens is 116 g/mol. The molecule has 1 saturated heterocycles. The van der Waals surface area contributed by atoms with Gasteiger partial charge in [0, 0.05) is 6.42 Å². The second-order valence-electron chi connectivity index (χ2n) is 1.98. The highest BCUT2D eigenvalue weighted by atomic mass is 16.7. The molecule has 1 aliphatic heterocycles. The molecule has 2 nitrogen and oxygen atoms in total. The molecule has 0 aliphatic carbocycles. The van der Waals surface area contributed by atoms with Crippen molar-refractivity contribution in [1.29, 1.82) is 0 Å². The quantitative estimate of drug-likeness (QED) is 0.522. The number of allylic oxidation sites excluding steroid dienone is 1. The van der Waals surface area contributed by atoms with Crippen molar-refractivity contribution in [3.63, 3.8) is 0 Å². The molecule has 0 aromatic heterocycles. The molecular formula is C7H12O2. The Labute approximate surface area is 55.5 Å². The summed E-state index contributed by atoms with van der Waals surface area (Å²) in [5.74, 6) is 0. The molecule has 0 saturated carbocycles. The van der Waals surface area contributed by atoms with Gasteiger partial charge in [-0.2, -0.15) is 0 Å². The number of hydrogen-bond acceptors (Lipinski definition) is 2. The van der Waals surface area contributed by atoms with Gasteiger partial charge in [-0.25, -0.2) is 0 Å². The summed E-state index contributed by atoms with van der Waals surface area (Å²) in [6.45, 7) is 3.50. The predicted molar refractivity (Wildman–Crippen MR) is 35.1 cm³/mol. The van der Waals surface area contributed by atoms with E-state index in [1.165, 1.54) is 0 Å². The molecule has 1 aliphatic rings. The van der Waals surface area contributed by atoms with Crippen molar-refractivity contribution in [2.75, 3.05) is 13.2 Å². The third kappa shape index (κ3) is 2.16. The molecule has 52 valence electrons. The van der Waals surface area contributed by atoms with E-state index in [2.05, 4.69) is 6.08 Å². The average Bonchev–Trinajstić information content (AvgIpc) is 2.34. The molecule has 0 aromatic carbocycles. The number of hydrogen-bond donors (Lipinski definition) is 0. The lowest BCUT2D eigenvalue weighted by Gasteiger charge is -2.02. The zero-order valence-electron chi connectivity index (χ0n) is 5.67. The molecule has 0 unspecified atom stereocenters. The maximum Gasteiger partial charge on any atom is 0.161 e. The minimum Gasteiger partial charge on any atom is -0.350 e. The van der Waals surface area contributed by atoms with Gasteiger partial charge in [0.25, 0.3) is 0 Å². The van der Waals surface area contributed by atoms with Crippen molar-refractivity contribution in [2.45, 2.75) is 19.6 Å². The predicted octanol–water partition coefficient (Wildman–Crippen LogP) is 1.33. The Kier molecular flexibility index (Phi) is 2.74. The topological polar surface area (TPSA) is 18.5 Å². The zero-order chi connectivity index (χ0) is 6.53. The van der Waals surface area contributed by atoms with E-state index in [0.717, 1.165) is 19.6 Å². The third-order valence-electron chi connectivity index (χ3n) is 1.26. The molecule has 0 spiro atoms. The number of ether oxygens (including phenoxy) is 2. The summed E-state index contributed by atoms with van der Waals surface area (Å²) in [6.07, 6.45) is 4.97. The Morgan fingerprint density at radius 2 is 2.11 bits per heavy atom. The smallest absolute Gasteiger partial charge is 0.161 e. The normalized spacial score (nSPS) is 21.9. The van der Waals surface area contributed by atoms with Crippen LogP contribution in [0.1, 0.15) is 13.3 Å². The van der Waals surface area contributed by atoms with Crippen LogP contribution < -0.4 is 0 Å². The van der Waals surface area contributed by atoms with Crippen LogP contribution in [0.3, 0.4) is 0 Å². The van der Waals surface area contributed by atoms with E-state index in [-0.39, 0.29) is 6.29 Å². The van der Waals surface area contributed by atoms with Crippen LogP contribution >= 0.6 is 0 Å². The lowest BCUT2D eigenvalue weighted by Crippen LogP contribution is -2.04. The summed E-state index contributed by atoms with van der Waals surface area (Å²) in [5, 5.41) is 0. The molecule has 0 amide bonds. The lowest BCUT2D eigenvalue weighted by atomic mass is 10.4. The highest BCUT2D eigenvalue weighted by molar-refractivity contribution is 4.78. The van der Waals surface area contributed by atoms with Crippen molar-refractivity contribution in [3.05, 3.63) is 12.2 Å². The first kappa shape index (κ1) is 6.78. The van der Waals surface area contributed by atoms with Gasteiger partial charge in [0.15, 0.2) is 6.29 Å². The van der Waals surface area contributed by atoms with Crippen LogP contribution in [0.2, 0.25) is 0 Å². The van der Waals surface area contributed by atoms with Crippen molar-refractivity contribution in [3.8, 4) is 0 Å². The summed E-state index contributed by atoms with van der Waals surface area (Å²) in [6, 6.07) is 0. The lowest BCUT2D eigenvalue weighted by molar-refractivity contribution is -0.0380. The summed E-state index contributed by atoms with van der Waals surface area (Å²) in [7, 11) is 0. The highest BCUT2D eigenvalue weighted by Gasteiger charge is 2.12. The minimum absolute atomic E-state index is 0.0289. The van der Waals surface area contributed by atoms with E-state index in [4.69, 9.17) is 9.47 Å². The summed E-state index contributed by atoms with van der Waals surface area (Å²) < 4.78 is 10.4. The fourth-order valence-corrected chi connectivity index (χ4v) is 0.791. The van der Waals surface area contributed by atoms with E-state index in [1.54, 1.807) is 0 Å². The van der Waals surface area contributed by atoms with Crippen LogP contribution in [0.4, 0.5) is 0 Å². The van der Waals surface area contributed by atoms with Crippen molar-refractivity contribution in [1.82, 2.24) is 0 Å². The largest absolute Gasteiger partial charge is 0.350 e. The van der Waals surface area contributed by atoms with Crippen LogP contribution in [0.5, 0.6) is 0 Å². The third-order valence-corrected chi connectivity index (χ3v) is 1.26. The molecule has 1 rings (SSSR count). The van der Waals surface area contributed by atoms with Crippen LogP contribution in [0, 0.1) is 0 Å². The number of rotatable bonds is 2. The van der Waals surface area contributed by atoms with Crippen LogP contribution in [0.25, 0.3) is 0 Å². The molecule has 0 bridgehead atoms. The molecule has 1 heterocycles. The van der Waals surface area contributed by atoms with Gasteiger partial charge in [0.1, 0.15) is 0 Å². The molecule has 0 N–H and O–H groups in total. The van der Waals surface area contributed by atoms with E-state index < -0.39 is 0 Å². The van der Waals surface area contributed by atoms with Crippen LogP contribution in [-0.4, -0.2) is 19.5 Å². The molecule has 0 aromatic rings. The Hall–Kier alpha value is -0.340. The Bertz CT molecular complexity index is 93.1. The van der Waals surface area contributed by atoms with Gasteiger partial charge < -0.3 is 9.47 Å². The van der Waals surface area contributed by atoms with Crippen molar-refractivity contribution < 1.29 is 9.47 Å². The van der Waals surface area contributed by atoms with Gasteiger partial charge in [-0.3, -0.25) is 0 Å². The van der Waals surface area contributed by atoms with Gasteiger partial charge in [0.05, 0.1) is 13.2 Å². The Morgan fingerprint density at radius 1 is 1.44 bits per heavy atom. The second-order valence-corrected chi connectivity index (χ2v) is 1.98. The molecule has 0 radical (unpaired) electrons. The summed E-state index contributed by atoms with van der Waals surface area (Å²) in [5.41, 5.74) is 0. The van der Waals surface area contributed by atoms with E-state index >= 15 is 0 Å². The minimum atomic E-state index is 0.0289. The molecule has 9 heavy (non-hydrogen) atoms.